The largest absolute Gasteiger partial charge is 0.384 e. The molecule has 27 heavy (non-hydrogen) atoms. The standard InChI is InChI=1S/C21H30BrN3O2/c1-4-7-19(24-11-6-8-15(13-24)14-27-3)20-23-18-10-9-16(22)12-17(18)21(26)25(20)5-2/h9-10,12,15,19H,4-8,11,13-14H2,1-3H3/t15-,19-/m1/s1. The van der Waals surface area contributed by atoms with Gasteiger partial charge in [-0.15, -0.1) is 0 Å². The molecule has 1 aromatic carbocycles. The van der Waals surface area contributed by atoms with Crippen molar-refractivity contribution in [3.63, 3.8) is 0 Å². The second-order valence-electron chi connectivity index (χ2n) is 7.44. The van der Waals surface area contributed by atoms with Gasteiger partial charge in [0.25, 0.3) is 5.56 Å². The van der Waals surface area contributed by atoms with E-state index in [9.17, 15) is 4.79 Å². The number of aromatic nitrogens is 2. The highest BCUT2D eigenvalue weighted by Gasteiger charge is 2.29. The van der Waals surface area contributed by atoms with E-state index >= 15 is 0 Å². The molecule has 0 N–H and O–H groups in total. The molecular weight excluding hydrogens is 406 g/mol. The van der Waals surface area contributed by atoms with Gasteiger partial charge in [0.05, 0.1) is 23.6 Å². The van der Waals surface area contributed by atoms with Crippen molar-refractivity contribution >= 4 is 26.8 Å². The van der Waals surface area contributed by atoms with Gasteiger partial charge < -0.3 is 4.74 Å². The van der Waals surface area contributed by atoms with Gasteiger partial charge in [-0.3, -0.25) is 14.3 Å². The van der Waals surface area contributed by atoms with Crippen molar-refractivity contribution in [3.05, 3.63) is 38.9 Å². The fourth-order valence-electron chi connectivity index (χ4n) is 4.27. The first-order valence-electron chi connectivity index (χ1n) is 10.0. The molecule has 1 aromatic heterocycles. The van der Waals surface area contributed by atoms with E-state index in [0.717, 1.165) is 48.4 Å². The van der Waals surface area contributed by atoms with Gasteiger partial charge in [0.1, 0.15) is 5.82 Å². The van der Waals surface area contributed by atoms with Crippen molar-refractivity contribution in [3.8, 4) is 0 Å². The zero-order valence-corrected chi connectivity index (χ0v) is 18.2. The Kier molecular flexibility index (Phi) is 7.06. The van der Waals surface area contributed by atoms with Crippen LogP contribution in [0.1, 0.15) is 51.4 Å². The maximum Gasteiger partial charge on any atom is 0.261 e. The number of nitrogens with zero attached hydrogens (tertiary/aromatic N) is 3. The Morgan fingerprint density at radius 3 is 2.89 bits per heavy atom. The maximum atomic E-state index is 13.2. The van der Waals surface area contributed by atoms with Crippen LogP contribution in [0.25, 0.3) is 10.9 Å². The van der Waals surface area contributed by atoms with Crippen LogP contribution in [0.3, 0.4) is 0 Å². The van der Waals surface area contributed by atoms with Crippen molar-refractivity contribution in [1.82, 2.24) is 14.5 Å². The first-order chi connectivity index (χ1) is 13.1. The molecule has 3 rings (SSSR count). The SMILES string of the molecule is CCC[C@H](c1nc2ccc(Br)cc2c(=O)n1CC)N1CCC[C@@H](COC)C1. The predicted molar refractivity (Wildman–Crippen MR) is 113 cm³/mol. The minimum atomic E-state index is 0.0605. The number of ether oxygens (including phenoxy) is 1. The third kappa shape index (κ3) is 4.44. The number of piperidine rings is 1. The fraction of sp³-hybridized carbons (Fsp3) is 0.619. The number of hydrogen-bond donors (Lipinski definition) is 0. The van der Waals surface area contributed by atoms with Crippen molar-refractivity contribution in [2.75, 3.05) is 26.8 Å². The van der Waals surface area contributed by atoms with Gasteiger partial charge in [-0.25, -0.2) is 4.98 Å². The zero-order valence-electron chi connectivity index (χ0n) is 16.6. The van der Waals surface area contributed by atoms with E-state index in [4.69, 9.17) is 9.72 Å². The topological polar surface area (TPSA) is 47.4 Å². The minimum Gasteiger partial charge on any atom is -0.384 e. The van der Waals surface area contributed by atoms with E-state index in [1.807, 2.05) is 29.7 Å². The van der Waals surface area contributed by atoms with E-state index in [2.05, 4.69) is 27.8 Å². The minimum absolute atomic E-state index is 0.0605. The number of halogens is 1. The lowest BCUT2D eigenvalue weighted by Gasteiger charge is -2.38. The summed E-state index contributed by atoms with van der Waals surface area (Å²) in [4.78, 5) is 20.7. The van der Waals surface area contributed by atoms with Crippen molar-refractivity contribution in [2.24, 2.45) is 5.92 Å². The van der Waals surface area contributed by atoms with Gasteiger partial charge in [-0.05, 0) is 56.8 Å². The summed E-state index contributed by atoms with van der Waals surface area (Å²) in [7, 11) is 1.78. The Bertz CT molecular complexity index is 834. The molecule has 5 nitrogen and oxygen atoms in total. The van der Waals surface area contributed by atoms with Crippen LogP contribution in [-0.2, 0) is 11.3 Å². The number of methoxy groups -OCH3 is 1. The Balaban J connectivity index is 2.05. The maximum absolute atomic E-state index is 13.2. The quantitative estimate of drug-likeness (QED) is 0.647. The molecule has 0 aliphatic carbocycles. The third-order valence-corrected chi connectivity index (χ3v) is 6.01. The van der Waals surface area contributed by atoms with E-state index in [0.29, 0.717) is 17.8 Å². The van der Waals surface area contributed by atoms with Crippen LogP contribution >= 0.6 is 15.9 Å². The van der Waals surface area contributed by atoms with Gasteiger partial charge in [0.15, 0.2) is 0 Å². The van der Waals surface area contributed by atoms with Crippen LogP contribution in [0.15, 0.2) is 27.5 Å². The van der Waals surface area contributed by atoms with Gasteiger partial charge >= 0.3 is 0 Å². The lowest BCUT2D eigenvalue weighted by molar-refractivity contribution is 0.0613. The second kappa shape index (κ2) is 9.30. The molecule has 1 aliphatic heterocycles. The molecule has 0 amide bonds. The van der Waals surface area contributed by atoms with Gasteiger partial charge in [-0.2, -0.15) is 0 Å². The van der Waals surface area contributed by atoms with Crippen LogP contribution in [0, 0.1) is 5.92 Å². The lowest BCUT2D eigenvalue weighted by Crippen LogP contribution is -2.42. The van der Waals surface area contributed by atoms with Crippen LogP contribution in [-0.4, -0.2) is 41.3 Å². The van der Waals surface area contributed by atoms with Gasteiger partial charge in [0.2, 0.25) is 0 Å². The molecule has 1 aliphatic rings. The highest BCUT2D eigenvalue weighted by atomic mass is 79.9. The number of rotatable bonds is 7. The molecule has 0 spiro atoms. The Morgan fingerprint density at radius 2 is 2.19 bits per heavy atom. The Hall–Kier alpha value is -1.24. The highest BCUT2D eigenvalue weighted by molar-refractivity contribution is 9.10. The molecule has 1 saturated heterocycles. The summed E-state index contributed by atoms with van der Waals surface area (Å²) in [5.74, 6) is 1.47. The first-order valence-corrected chi connectivity index (χ1v) is 10.8. The molecule has 148 valence electrons. The van der Waals surface area contributed by atoms with Crippen LogP contribution in [0.4, 0.5) is 0 Å². The molecular formula is C21H30BrN3O2. The summed E-state index contributed by atoms with van der Waals surface area (Å²) in [6, 6.07) is 5.96. The van der Waals surface area contributed by atoms with Gasteiger partial charge in [0, 0.05) is 24.7 Å². The lowest BCUT2D eigenvalue weighted by atomic mass is 9.96. The number of hydrogen-bond acceptors (Lipinski definition) is 4. The van der Waals surface area contributed by atoms with Crippen LogP contribution in [0.2, 0.25) is 0 Å². The molecule has 6 heteroatoms. The summed E-state index contributed by atoms with van der Waals surface area (Å²) >= 11 is 3.47. The van der Waals surface area contributed by atoms with Crippen molar-refractivity contribution in [1.29, 1.82) is 0 Å². The van der Waals surface area contributed by atoms with Crippen LogP contribution in [0.5, 0.6) is 0 Å². The van der Waals surface area contributed by atoms with E-state index < -0.39 is 0 Å². The third-order valence-electron chi connectivity index (χ3n) is 5.52. The number of benzene rings is 1. The number of likely N-dealkylation sites (tertiary alicyclic amines) is 1. The normalized spacial score (nSPS) is 19.5. The smallest absolute Gasteiger partial charge is 0.261 e. The van der Waals surface area contributed by atoms with Crippen molar-refractivity contribution in [2.45, 2.75) is 52.1 Å². The molecule has 2 heterocycles. The Labute approximate surface area is 169 Å². The van der Waals surface area contributed by atoms with E-state index in [1.165, 1.54) is 12.8 Å². The molecule has 0 saturated carbocycles. The molecule has 0 bridgehead atoms. The molecule has 0 radical (unpaired) electrons. The monoisotopic (exact) mass is 435 g/mol. The van der Waals surface area contributed by atoms with Crippen LogP contribution < -0.4 is 5.56 Å². The van der Waals surface area contributed by atoms with Crippen molar-refractivity contribution < 1.29 is 4.74 Å². The molecule has 0 unspecified atom stereocenters. The van der Waals surface area contributed by atoms with E-state index in [1.54, 1.807) is 7.11 Å². The predicted octanol–water partition coefficient (Wildman–Crippen LogP) is 4.38. The average molecular weight is 436 g/mol. The average Bonchev–Trinajstić information content (AvgIpc) is 2.67. The first kappa shape index (κ1) is 20.5. The summed E-state index contributed by atoms with van der Waals surface area (Å²) in [5.41, 5.74) is 0.847. The number of fused-ring (bicyclic) bond motifs is 1. The zero-order chi connectivity index (χ0) is 19.4. The fourth-order valence-corrected chi connectivity index (χ4v) is 4.63. The summed E-state index contributed by atoms with van der Waals surface area (Å²) in [6.45, 7) is 7.74. The summed E-state index contributed by atoms with van der Waals surface area (Å²) < 4.78 is 8.19. The molecule has 1 fully saturated rings. The second-order valence-corrected chi connectivity index (χ2v) is 8.36. The van der Waals surface area contributed by atoms with Gasteiger partial charge in [-0.1, -0.05) is 29.3 Å². The Morgan fingerprint density at radius 1 is 1.37 bits per heavy atom. The molecule has 2 atom stereocenters. The highest BCUT2D eigenvalue weighted by Crippen LogP contribution is 2.30. The summed E-state index contributed by atoms with van der Waals surface area (Å²) in [6.07, 6.45) is 4.45. The summed E-state index contributed by atoms with van der Waals surface area (Å²) in [5, 5.41) is 0.682. The van der Waals surface area contributed by atoms with E-state index in [-0.39, 0.29) is 11.6 Å². The molecule has 2 aromatic rings.